The molecule has 244 valence electrons. The minimum Gasteiger partial charge on any atom is -0.490 e. The number of rotatable bonds is 2. The van der Waals surface area contributed by atoms with Crippen LogP contribution in [-0.2, 0) is 25.9 Å². The van der Waals surface area contributed by atoms with Crippen LogP contribution in [0.15, 0.2) is 47.4 Å². The van der Waals surface area contributed by atoms with Crippen molar-refractivity contribution in [1.29, 1.82) is 0 Å². The van der Waals surface area contributed by atoms with Crippen LogP contribution in [0, 0.1) is 17.8 Å². The molecule has 3 heterocycles. The van der Waals surface area contributed by atoms with Crippen molar-refractivity contribution in [3.05, 3.63) is 48.2 Å². The Morgan fingerprint density at radius 2 is 1.80 bits per heavy atom. The molecule has 2 aliphatic rings. The highest BCUT2D eigenvalue weighted by Gasteiger charge is 2.31. The van der Waals surface area contributed by atoms with E-state index in [1.165, 1.54) is 10.6 Å². The van der Waals surface area contributed by atoms with Gasteiger partial charge in [-0.1, -0.05) is 12.0 Å². The molecular formula is C32H39F3N4O5S. The molecule has 13 heteroatoms. The third kappa shape index (κ3) is 8.85. The lowest BCUT2D eigenvalue weighted by Crippen LogP contribution is -2.45. The maximum atomic E-state index is 13.7. The standard InChI is InChI=1S/C32H39F3N4O5S/c1-38-13-10-27-23(21-38)11-14-42-15-16-43-17-18-44-30-19-24(8-9-31(30)45(2,40)41)36-12-4-5-25-20-26-28(37-27)6-3-7-29(26)39(25)22-32(33,34)35/h3,6-9,19-20,23,27,36-37H,10-18,21-22H2,1-2H3/t23-,27-/m1/s1. The van der Waals surface area contributed by atoms with Crippen LogP contribution in [0.1, 0.15) is 18.5 Å². The van der Waals surface area contributed by atoms with E-state index in [0.717, 1.165) is 37.9 Å². The van der Waals surface area contributed by atoms with E-state index >= 15 is 0 Å². The summed E-state index contributed by atoms with van der Waals surface area (Å²) in [5, 5.41) is 7.43. The number of nitrogens with one attached hydrogen (secondary N) is 2. The third-order valence-electron chi connectivity index (χ3n) is 7.99. The quantitative estimate of drug-likeness (QED) is 0.389. The monoisotopic (exact) mass is 648 g/mol. The van der Waals surface area contributed by atoms with Gasteiger partial charge >= 0.3 is 6.18 Å². The number of aromatic nitrogens is 1. The summed E-state index contributed by atoms with van der Waals surface area (Å²) in [6, 6.07) is 11.8. The minimum absolute atomic E-state index is 0.0423. The molecule has 9 nitrogen and oxygen atoms in total. The number of anilines is 2. The third-order valence-corrected chi connectivity index (χ3v) is 9.13. The van der Waals surface area contributed by atoms with Gasteiger partial charge in [-0.05, 0) is 68.6 Å². The fourth-order valence-electron chi connectivity index (χ4n) is 5.85. The summed E-state index contributed by atoms with van der Waals surface area (Å²) in [5.74, 6) is 6.30. The van der Waals surface area contributed by atoms with Crippen LogP contribution >= 0.6 is 0 Å². The number of nitrogens with zero attached hydrogens (tertiary/aromatic N) is 2. The van der Waals surface area contributed by atoms with E-state index in [0.29, 0.717) is 36.4 Å². The van der Waals surface area contributed by atoms with Gasteiger partial charge in [-0.15, -0.1) is 0 Å². The van der Waals surface area contributed by atoms with Crippen molar-refractivity contribution in [2.75, 3.05) is 76.6 Å². The smallest absolute Gasteiger partial charge is 0.406 e. The van der Waals surface area contributed by atoms with Gasteiger partial charge in [-0.3, -0.25) is 0 Å². The second-order valence-electron chi connectivity index (χ2n) is 11.5. The molecule has 0 spiro atoms. The molecule has 3 aromatic rings. The maximum absolute atomic E-state index is 13.7. The lowest BCUT2D eigenvalue weighted by molar-refractivity contribution is -0.140. The van der Waals surface area contributed by atoms with Crippen LogP contribution in [-0.4, -0.2) is 96.1 Å². The number of fused-ring (bicyclic) bond motifs is 4. The normalized spacial score (nSPS) is 21.1. The average molecular weight is 649 g/mol. The number of piperidine rings is 1. The van der Waals surface area contributed by atoms with Crippen LogP contribution in [0.5, 0.6) is 5.75 Å². The molecule has 1 aromatic heterocycles. The number of ether oxygens (including phenoxy) is 3. The summed E-state index contributed by atoms with van der Waals surface area (Å²) >= 11 is 0. The zero-order valence-electron chi connectivity index (χ0n) is 25.5. The number of alkyl halides is 3. The highest BCUT2D eigenvalue weighted by molar-refractivity contribution is 7.90. The highest BCUT2D eigenvalue weighted by atomic mass is 32.2. The van der Waals surface area contributed by atoms with Crippen molar-refractivity contribution in [3.63, 3.8) is 0 Å². The van der Waals surface area contributed by atoms with E-state index in [4.69, 9.17) is 14.2 Å². The van der Waals surface area contributed by atoms with Gasteiger partial charge in [0, 0.05) is 48.3 Å². The SMILES string of the molecule is CN1CC[C@H]2Nc3cccc4c3cc(n4CC(F)(F)F)C#CCNc3ccc(S(C)(=O)=O)c(c3)OCCOCCOCC[C@@H]2C1. The molecule has 45 heavy (non-hydrogen) atoms. The van der Waals surface area contributed by atoms with Gasteiger partial charge in [0.2, 0.25) is 0 Å². The van der Waals surface area contributed by atoms with Crippen LogP contribution in [0.2, 0.25) is 0 Å². The zero-order valence-corrected chi connectivity index (χ0v) is 26.3. The second-order valence-corrected chi connectivity index (χ2v) is 13.5. The van der Waals surface area contributed by atoms with Crippen LogP contribution < -0.4 is 15.4 Å². The topological polar surface area (TPSA) is 94.1 Å². The van der Waals surface area contributed by atoms with Crippen LogP contribution in [0.4, 0.5) is 24.5 Å². The Balaban J connectivity index is 1.47. The summed E-state index contributed by atoms with van der Waals surface area (Å²) in [7, 11) is -1.47. The molecule has 2 aliphatic heterocycles. The van der Waals surface area contributed by atoms with Crippen molar-refractivity contribution in [2.45, 2.75) is 36.5 Å². The van der Waals surface area contributed by atoms with Crippen LogP contribution in [0.25, 0.3) is 10.9 Å². The van der Waals surface area contributed by atoms with Crippen molar-refractivity contribution < 1.29 is 35.8 Å². The molecule has 0 aliphatic carbocycles. The molecule has 1 fully saturated rings. The van der Waals surface area contributed by atoms with E-state index in [1.807, 2.05) is 6.07 Å². The predicted octanol–water partition coefficient (Wildman–Crippen LogP) is 4.62. The summed E-state index contributed by atoms with van der Waals surface area (Å²) in [5.41, 5.74) is 2.03. The number of hydrogen-bond donors (Lipinski definition) is 2. The van der Waals surface area contributed by atoms with Gasteiger partial charge in [0.1, 0.15) is 23.8 Å². The summed E-state index contributed by atoms with van der Waals surface area (Å²) < 4.78 is 84.3. The summed E-state index contributed by atoms with van der Waals surface area (Å²) in [4.78, 5) is 2.33. The Labute approximate surface area is 261 Å². The number of halogens is 3. The Morgan fingerprint density at radius 1 is 1.02 bits per heavy atom. The van der Waals surface area contributed by atoms with E-state index in [9.17, 15) is 21.6 Å². The Bertz CT molecular complexity index is 1650. The Morgan fingerprint density at radius 3 is 2.58 bits per heavy atom. The van der Waals surface area contributed by atoms with E-state index < -0.39 is 22.6 Å². The molecule has 2 N–H and O–H groups in total. The lowest BCUT2D eigenvalue weighted by atomic mass is 9.89. The first kappa shape index (κ1) is 32.9. The van der Waals surface area contributed by atoms with Crippen molar-refractivity contribution in [2.24, 2.45) is 5.92 Å². The number of hydrogen-bond acceptors (Lipinski definition) is 8. The Hall–Kier alpha value is -3.44. The average Bonchev–Trinajstić information content (AvgIpc) is 3.31. The first-order valence-corrected chi connectivity index (χ1v) is 16.9. The molecule has 0 unspecified atom stereocenters. The molecule has 0 amide bonds. The zero-order chi connectivity index (χ0) is 32.0. The molecule has 0 saturated carbocycles. The molecule has 4 bridgehead atoms. The molecule has 0 radical (unpaired) electrons. The molecule has 5 rings (SSSR count). The summed E-state index contributed by atoms with van der Waals surface area (Å²) in [6.45, 7) is 2.43. The van der Waals surface area contributed by atoms with Gasteiger partial charge in [0.15, 0.2) is 9.84 Å². The first-order chi connectivity index (χ1) is 21.5. The lowest BCUT2D eigenvalue weighted by Gasteiger charge is -2.38. The molecule has 1 saturated heterocycles. The van der Waals surface area contributed by atoms with Gasteiger partial charge in [0.05, 0.1) is 37.6 Å². The molecule has 2 atom stereocenters. The molecular weight excluding hydrogens is 609 g/mol. The van der Waals surface area contributed by atoms with Crippen molar-refractivity contribution in [3.8, 4) is 17.6 Å². The van der Waals surface area contributed by atoms with Gasteiger partial charge in [0.25, 0.3) is 0 Å². The van der Waals surface area contributed by atoms with Gasteiger partial charge in [-0.2, -0.15) is 13.2 Å². The van der Waals surface area contributed by atoms with E-state index in [2.05, 4.69) is 34.4 Å². The van der Waals surface area contributed by atoms with Crippen molar-refractivity contribution >= 4 is 32.1 Å². The van der Waals surface area contributed by atoms with Gasteiger partial charge in [-0.25, -0.2) is 8.42 Å². The Kier molecular flexibility index (Phi) is 10.5. The van der Waals surface area contributed by atoms with Crippen LogP contribution in [0.3, 0.4) is 0 Å². The van der Waals surface area contributed by atoms with Crippen molar-refractivity contribution in [1.82, 2.24) is 9.47 Å². The number of sulfone groups is 1. The maximum Gasteiger partial charge on any atom is 0.406 e. The number of benzene rings is 2. The van der Waals surface area contributed by atoms with Gasteiger partial charge < -0.3 is 34.3 Å². The second kappa shape index (κ2) is 14.3. The fraction of sp³-hybridized carbons (Fsp3) is 0.500. The molecule has 2 aromatic carbocycles. The predicted molar refractivity (Wildman–Crippen MR) is 168 cm³/mol. The summed E-state index contributed by atoms with van der Waals surface area (Å²) in [6.07, 6.45) is -1.63. The fourth-order valence-corrected chi connectivity index (χ4v) is 6.64. The number of likely N-dealkylation sites (tertiary alicyclic amines) is 1. The highest BCUT2D eigenvalue weighted by Crippen LogP contribution is 2.33. The minimum atomic E-state index is -4.44. The first-order valence-electron chi connectivity index (χ1n) is 15.0. The van der Waals surface area contributed by atoms with E-state index in [-0.39, 0.29) is 48.1 Å². The largest absolute Gasteiger partial charge is 0.490 e. The van der Waals surface area contributed by atoms with E-state index in [1.54, 1.807) is 30.3 Å².